The molecule has 0 saturated carbocycles. The molecule has 1 nitrogen and oxygen atoms in total. The van der Waals surface area contributed by atoms with E-state index >= 15 is 0 Å². The first-order chi connectivity index (χ1) is 6.68. The van der Waals surface area contributed by atoms with Crippen molar-refractivity contribution >= 4 is 5.78 Å². The van der Waals surface area contributed by atoms with Gasteiger partial charge in [0.25, 0.3) is 0 Å². The lowest BCUT2D eigenvalue weighted by Gasteiger charge is -2.16. The number of carbonyl (C=O) groups is 1. The Kier molecular flexibility index (Phi) is 2.36. The van der Waals surface area contributed by atoms with Crippen LogP contribution in [-0.4, -0.2) is 5.78 Å². The maximum atomic E-state index is 13.4. The monoisotopic (exact) mass is 192 g/mol. The number of benzene rings is 1. The minimum absolute atomic E-state index is 0.184. The molecule has 0 N–H and O–H groups in total. The third kappa shape index (κ3) is 1.57. The average molecular weight is 192 g/mol. The van der Waals surface area contributed by atoms with Gasteiger partial charge in [0.2, 0.25) is 0 Å². The van der Waals surface area contributed by atoms with Gasteiger partial charge in [-0.1, -0.05) is 0 Å². The molecule has 0 aromatic heterocycles. The highest BCUT2D eigenvalue weighted by Gasteiger charge is 2.15. The molecule has 0 aliphatic heterocycles. The smallest absolute Gasteiger partial charge is 0.162 e. The van der Waals surface area contributed by atoms with Crippen LogP contribution < -0.4 is 0 Å². The van der Waals surface area contributed by atoms with Crippen LogP contribution in [0.15, 0.2) is 12.1 Å². The number of carbonyl (C=O) groups excluding carboxylic acids is 1. The van der Waals surface area contributed by atoms with Crippen molar-refractivity contribution < 1.29 is 9.18 Å². The molecule has 0 saturated heterocycles. The van der Waals surface area contributed by atoms with Crippen molar-refractivity contribution in [1.82, 2.24) is 0 Å². The topological polar surface area (TPSA) is 17.1 Å². The maximum Gasteiger partial charge on any atom is 0.162 e. The Morgan fingerprint density at radius 1 is 1.21 bits per heavy atom. The molecule has 0 unspecified atom stereocenters. The Morgan fingerprint density at radius 2 is 1.79 bits per heavy atom. The lowest BCUT2D eigenvalue weighted by atomic mass is 9.89. The van der Waals surface area contributed by atoms with Gasteiger partial charge in [0.15, 0.2) is 5.78 Å². The normalized spacial score (nSPS) is 15.0. The number of fused-ring (bicyclic) bond motifs is 1. The van der Waals surface area contributed by atoms with Gasteiger partial charge in [0.1, 0.15) is 5.82 Å². The molecule has 1 aromatic carbocycles. The molecule has 0 spiro atoms. The summed E-state index contributed by atoms with van der Waals surface area (Å²) in [5.74, 6) is -0.547. The van der Waals surface area contributed by atoms with Crippen molar-refractivity contribution in [3.8, 4) is 0 Å². The van der Waals surface area contributed by atoms with E-state index < -0.39 is 0 Å². The average Bonchev–Trinajstić information content (AvgIpc) is 2.16. The predicted octanol–water partition coefficient (Wildman–Crippen LogP) is 2.91. The molecule has 1 aliphatic carbocycles. The van der Waals surface area contributed by atoms with Crippen molar-refractivity contribution in [2.45, 2.75) is 32.6 Å². The van der Waals surface area contributed by atoms with E-state index in [-0.39, 0.29) is 17.2 Å². The molecule has 0 heterocycles. The third-order valence-electron chi connectivity index (χ3n) is 2.81. The molecule has 0 amide bonds. The van der Waals surface area contributed by atoms with Crippen LogP contribution in [0.25, 0.3) is 0 Å². The molecule has 74 valence electrons. The van der Waals surface area contributed by atoms with E-state index in [1.54, 1.807) is 6.07 Å². The third-order valence-corrected chi connectivity index (χ3v) is 2.81. The molecule has 1 aliphatic rings. The van der Waals surface area contributed by atoms with Gasteiger partial charge in [-0.2, -0.15) is 0 Å². The molecular weight excluding hydrogens is 179 g/mol. The Hall–Kier alpha value is -1.18. The Labute approximate surface area is 82.9 Å². The Bertz CT molecular complexity index is 382. The number of halogens is 1. The van der Waals surface area contributed by atoms with Crippen molar-refractivity contribution in [2.75, 3.05) is 0 Å². The van der Waals surface area contributed by atoms with Crippen LogP contribution >= 0.6 is 0 Å². The summed E-state index contributed by atoms with van der Waals surface area (Å²) >= 11 is 0. The summed E-state index contributed by atoms with van der Waals surface area (Å²) < 4.78 is 13.4. The van der Waals surface area contributed by atoms with Gasteiger partial charge < -0.3 is 0 Å². The molecule has 0 bridgehead atoms. The predicted molar refractivity (Wildman–Crippen MR) is 53.0 cm³/mol. The lowest BCUT2D eigenvalue weighted by Crippen LogP contribution is -2.07. The second-order valence-corrected chi connectivity index (χ2v) is 3.86. The minimum Gasteiger partial charge on any atom is -0.294 e. The van der Waals surface area contributed by atoms with E-state index in [0.717, 1.165) is 36.8 Å². The highest BCUT2D eigenvalue weighted by atomic mass is 19.1. The minimum atomic E-state index is -0.363. The Balaban J connectivity index is 2.50. The van der Waals surface area contributed by atoms with Crippen molar-refractivity contribution in [3.05, 3.63) is 34.6 Å². The highest BCUT2D eigenvalue weighted by Crippen LogP contribution is 2.24. The first kappa shape index (κ1) is 9.38. The fourth-order valence-corrected chi connectivity index (χ4v) is 2.03. The summed E-state index contributed by atoms with van der Waals surface area (Å²) in [6, 6.07) is 3.26. The molecule has 2 rings (SSSR count). The lowest BCUT2D eigenvalue weighted by molar-refractivity contribution is 0.101. The largest absolute Gasteiger partial charge is 0.294 e. The second kappa shape index (κ2) is 3.52. The van der Waals surface area contributed by atoms with Gasteiger partial charge in [-0.15, -0.1) is 0 Å². The molecule has 0 fully saturated rings. The molecule has 0 atom stereocenters. The molecule has 14 heavy (non-hydrogen) atoms. The summed E-state index contributed by atoms with van der Waals surface area (Å²) in [7, 11) is 0. The van der Waals surface area contributed by atoms with Crippen LogP contribution in [-0.2, 0) is 12.8 Å². The van der Waals surface area contributed by atoms with Crippen molar-refractivity contribution in [2.24, 2.45) is 0 Å². The van der Waals surface area contributed by atoms with Crippen LogP contribution in [0.3, 0.4) is 0 Å². The van der Waals surface area contributed by atoms with E-state index in [1.807, 2.05) is 0 Å². The van der Waals surface area contributed by atoms with E-state index in [4.69, 9.17) is 0 Å². The zero-order chi connectivity index (χ0) is 10.1. The summed E-state index contributed by atoms with van der Waals surface area (Å²) in [5, 5.41) is 0. The second-order valence-electron chi connectivity index (χ2n) is 3.86. The molecule has 0 radical (unpaired) electrons. The van der Waals surface area contributed by atoms with Gasteiger partial charge in [-0.3, -0.25) is 4.79 Å². The zero-order valence-corrected chi connectivity index (χ0v) is 8.27. The van der Waals surface area contributed by atoms with Gasteiger partial charge in [0, 0.05) is 0 Å². The first-order valence-electron chi connectivity index (χ1n) is 5.00. The number of aryl methyl sites for hydroxylation is 2. The fourth-order valence-electron chi connectivity index (χ4n) is 2.03. The number of hydrogen-bond donors (Lipinski definition) is 0. The van der Waals surface area contributed by atoms with Crippen LogP contribution in [0, 0.1) is 5.82 Å². The van der Waals surface area contributed by atoms with E-state index in [0.29, 0.717) is 0 Å². The molecular formula is C12H13FO. The van der Waals surface area contributed by atoms with Gasteiger partial charge in [-0.25, -0.2) is 4.39 Å². The number of hydrogen-bond acceptors (Lipinski definition) is 1. The fraction of sp³-hybridized carbons (Fsp3) is 0.417. The number of Topliss-reactive ketones (excluding diaryl/α,β-unsaturated/α-hetero) is 1. The molecule has 2 heteroatoms. The number of rotatable bonds is 1. The van der Waals surface area contributed by atoms with Crippen molar-refractivity contribution in [1.29, 1.82) is 0 Å². The van der Waals surface area contributed by atoms with Gasteiger partial charge in [0.05, 0.1) is 5.56 Å². The quantitative estimate of drug-likeness (QED) is 0.625. The summed E-state index contributed by atoms with van der Waals surface area (Å²) in [6.45, 7) is 1.41. The van der Waals surface area contributed by atoms with E-state index in [2.05, 4.69) is 0 Å². The summed E-state index contributed by atoms with van der Waals surface area (Å²) in [5.41, 5.74) is 2.48. The SMILES string of the molecule is CC(=O)c1cc2c(cc1F)CCCC2. The van der Waals surface area contributed by atoms with Gasteiger partial charge >= 0.3 is 0 Å². The summed E-state index contributed by atoms with van der Waals surface area (Å²) in [4.78, 5) is 11.1. The standard InChI is InChI=1S/C12H13FO/c1-8(14)11-6-9-4-2-3-5-10(9)7-12(11)13/h6-7H,2-5H2,1H3. The van der Waals surface area contributed by atoms with Crippen LogP contribution in [0.5, 0.6) is 0 Å². The van der Waals surface area contributed by atoms with Crippen LogP contribution in [0.4, 0.5) is 4.39 Å². The molecule has 1 aromatic rings. The van der Waals surface area contributed by atoms with Gasteiger partial charge in [-0.05, 0) is 55.9 Å². The first-order valence-corrected chi connectivity index (χ1v) is 5.00. The summed E-state index contributed by atoms with van der Waals surface area (Å²) in [6.07, 6.45) is 4.21. The van der Waals surface area contributed by atoms with E-state index in [1.165, 1.54) is 13.0 Å². The van der Waals surface area contributed by atoms with Crippen LogP contribution in [0.1, 0.15) is 41.3 Å². The Morgan fingerprint density at radius 3 is 2.36 bits per heavy atom. The van der Waals surface area contributed by atoms with E-state index in [9.17, 15) is 9.18 Å². The highest BCUT2D eigenvalue weighted by molar-refractivity contribution is 5.94. The number of ketones is 1. The zero-order valence-electron chi connectivity index (χ0n) is 8.27. The maximum absolute atomic E-state index is 13.4. The van der Waals surface area contributed by atoms with Crippen LogP contribution in [0.2, 0.25) is 0 Å². The van der Waals surface area contributed by atoms with Crippen molar-refractivity contribution in [3.63, 3.8) is 0 Å².